The van der Waals surface area contributed by atoms with Crippen LogP contribution < -0.4 is 4.90 Å². The van der Waals surface area contributed by atoms with Crippen LogP contribution in [0.4, 0.5) is 11.4 Å². The maximum Gasteiger partial charge on any atom is 0.0447 e. The molecule has 2 heteroatoms. The van der Waals surface area contributed by atoms with Crippen molar-refractivity contribution in [1.29, 1.82) is 0 Å². The Bertz CT molecular complexity index is 602. The number of para-hydroxylation sites is 2. The van der Waals surface area contributed by atoms with Crippen LogP contribution in [0, 0.1) is 0 Å². The molecule has 0 N–H and O–H groups in total. The van der Waals surface area contributed by atoms with E-state index in [1.54, 1.807) is 0 Å². The molecule has 0 saturated heterocycles. The number of hydrogen-bond acceptors (Lipinski definition) is 2. The van der Waals surface area contributed by atoms with Gasteiger partial charge in [-0.1, -0.05) is 43.3 Å². The SMILES string of the molecule is CCCN(C)CCCC1c2ccccc2N(C)c2ccccc21. The van der Waals surface area contributed by atoms with Gasteiger partial charge < -0.3 is 9.80 Å². The second-order valence-corrected chi connectivity index (χ2v) is 6.67. The highest BCUT2D eigenvalue weighted by Gasteiger charge is 2.27. The van der Waals surface area contributed by atoms with Gasteiger partial charge in [0.15, 0.2) is 0 Å². The van der Waals surface area contributed by atoms with Crippen LogP contribution in [0.2, 0.25) is 0 Å². The number of fused-ring (bicyclic) bond motifs is 2. The van der Waals surface area contributed by atoms with E-state index in [2.05, 4.69) is 79.3 Å². The van der Waals surface area contributed by atoms with Crippen LogP contribution in [0.1, 0.15) is 43.2 Å². The zero-order valence-corrected chi connectivity index (χ0v) is 14.6. The van der Waals surface area contributed by atoms with Crippen molar-refractivity contribution >= 4 is 11.4 Å². The molecule has 23 heavy (non-hydrogen) atoms. The molecule has 0 radical (unpaired) electrons. The van der Waals surface area contributed by atoms with Crippen molar-refractivity contribution in [2.45, 2.75) is 32.1 Å². The fraction of sp³-hybridized carbons (Fsp3) is 0.429. The lowest BCUT2D eigenvalue weighted by atomic mass is 9.82. The fourth-order valence-corrected chi connectivity index (χ4v) is 3.84. The summed E-state index contributed by atoms with van der Waals surface area (Å²) in [7, 11) is 4.42. The summed E-state index contributed by atoms with van der Waals surface area (Å²) in [5.41, 5.74) is 5.68. The first-order valence-electron chi connectivity index (χ1n) is 8.82. The Hall–Kier alpha value is -1.80. The summed E-state index contributed by atoms with van der Waals surface area (Å²) >= 11 is 0. The van der Waals surface area contributed by atoms with Gasteiger partial charge in [-0.15, -0.1) is 0 Å². The fourth-order valence-electron chi connectivity index (χ4n) is 3.84. The summed E-state index contributed by atoms with van der Waals surface area (Å²) in [4.78, 5) is 4.79. The van der Waals surface area contributed by atoms with Gasteiger partial charge in [0.25, 0.3) is 0 Å². The van der Waals surface area contributed by atoms with E-state index < -0.39 is 0 Å². The van der Waals surface area contributed by atoms with Crippen LogP contribution in [-0.2, 0) is 0 Å². The molecule has 0 atom stereocenters. The Morgan fingerprint density at radius 1 is 0.913 bits per heavy atom. The average molecular weight is 308 g/mol. The maximum absolute atomic E-state index is 2.45. The first-order chi connectivity index (χ1) is 11.2. The topological polar surface area (TPSA) is 6.48 Å². The first kappa shape index (κ1) is 16.1. The van der Waals surface area contributed by atoms with E-state index in [0.29, 0.717) is 5.92 Å². The van der Waals surface area contributed by atoms with Crippen LogP contribution in [0.3, 0.4) is 0 Å². The Morgan fingerprint density at radius 3 is 2.04 bits per heavy atom. The third-order valence-corrected chi connectivity index (χ3v) is 4.99. The minimum atomic E-state index is 0.522. The second kappa shape index (κ2) is 7.18. The molecule has 2 nitrogen and oxygen atoms in total. The highest BCUT2D eigenvalue weighted by atomic mass is 15.1. The molecule has 0 saturated carbocycles. The van der Waals surface area contributed by atoms with Gasteiger partial charge >= 0.3 is 0 Å². The largest absolute Gasteiger partial charge is 0.344 e. The second-order valence-electron chi connectivity index (χ2n) is 6.67. The molecule has 1 aliphatic heterocycles. The van der Waals surface area contributed by atoms with Crippen LogP contribution in [0.5, 0.6) is 0 Å². The molecule has 0 amide bonds. The third-order valence-electron chi connectivity index (χ3n) is 4.99. The summed E-state index contributed by atoms with van der Waals surface area (Å²) in [5, 5.41) is 0. The molecule has 122 valence electrons. The van der Waals surface area contributed by atoms with Gasteiger partial charge in [-0.3, -0.25) is 0 Å². The quantitative estimate of drug-likeness (QED) is 0.739. The Kier molecular flexibility index (Phi) is 5.02. The maximum atomic E-state index is 2.45. The molecule has 2 aromatic carbocycles. The van der Waals surface area contributed by atoms with Gasteiger partial charge in [-0.25, -0.2) is 0 Å². The predicted molar refractivity (Wildman–Crippen MR) is 99.8 cm³/mol. The summed E-state index contributed by atoms with van der Waals surface area (Å²) in [5.74, 6) is 0.522. The van der Waals surface area contributed by atoms with Crippen molar-refractivity contribution in [2.75, 3.05) is 32.1 Å². The molecular formula is C21H28N2. The number of anilines is 2. The highest BCUT2D eigenvalue weighted by Crippen LogP contribution is 2.46. The van der Waals surface area contributed by atoms with E-state index in [1.807, 2.05) is 0 Å². The minimum Gasteiger partial charge on any atom is -0.344 e. The van der Waals surface area contributed by atoms with Crippen molar-refractivity contribution < 1.29 is 0 Å². The minimum absolute atomic E-state index is 0.522. The Balaban J connectivity index is 1.83. The average Bonchev–Trinajstić information content (AvgIpc) is 2.58. The van der Waals surface area contributed by atoms with E-state index >= 15 is 0 Å². The molecule has 1 aliphatic rings. The molecular weight excluding hydrogens is 280 g/mol. The van der Waals surface area contributed by atoms with Crippen molar-refractivity contribution in [2.24, 2.45) is 0 Å². The van der Waals surface area contributed by atoms with Crippen molar-refractivity contribution in [3.63, 3.8) is 0 Å². The molecule has 2 aromatic rings. The Morgan fingerprint density at radius 2 is 1.48 bits per heavy atom. The molecule has 3 rings (SSSR count). The smallest absolute Gasteiger partial charge is 0.0447 e. The highest BCUT2D eigenvalue weighted by molar-refractivity contribution is 5.75. The third kappa shape index (κ3) is 3.28. The summed E-state index contributed by atoms with van der Waals surface area (Å²) in [6.07, 6.45) is 3.69. The number of benzene rings is 2. The van der Waals surface area contributed by atoms with Gasteiger partial charge in [-0.05, 0) is 62.7 Å². The predicted octanol–water partition coefficient (Wildman–Crippen LogP) is 5.02. The summed E-state index contributed by atoms with van der Waals surface area (Å²) in [6.45, 7) is 4.63. The van der Waals surface area contributed by atoms with Crippen LogP contribution >= 0.6 is 0 Å². The molecule has 0 aliphatic carbocycles. The van der Waals surface area contributed by atoms with E-state index in [1.165, 1.54) is 54.9 Å². The zero-order chi connectivity index (χ0) is 16.2. The lowest BCUT2D eigenvalue weighted by Gasteiger charge is -2.35. The van der Waals surface area contributed by atoms with Gasteiger partial charge in [0.2, 0.25) is 0 Å². The Labute approximate surface area is 140 Å². The van der Waals surface area contributed by atoms with E-state index in [-0.39, 0.29) is 0 Å². The van der Waals surface area contributed by atoms with Gasteiger partial charge in [0.05, 0.1) is 0 Å². The standard InChI is InChI=1S/C21H28N2/c1-4-15-22(2)16-9-12-17-18-10-5-7-13-20(18)23(3)21-14-8-6-11-19(17)21/h5-8,10-11,13-14,17H,4,9,12,15-16H2,1-3H3. The normalized spacial score (nSPS) is 14.0. The lowest BCUT2D eigenvalue weighted by molar-refractivity contribution is 0.324. The van der Waals surface area contributed by atoms with Crippen molar-refractivity contribution in [3.05, 3.63) is 59.7 Å². The van der Waals surface area contributed by atoms with Crippen LogP contribution in [0.25, 0.3) is 0 Å². The number of rotatable bonds is 6. The van der Waals surface area contributed by atoms with Crippen LogP contribution in [0.15, 0.2) is 48.5 Å². The van der Waals surface area contributed by atoms with Crippen molar-refractivity contribution in [1.82, 2.24) is 4.90 Å². The lowest BCUT2D eigenvalue weighted by Crippen LogP contribution is -2.23. The molecule has 0 aromatic heterocycles. The van der Waals surface area contributed by atoms with E-state index in [4.69, 9.17) is 0 Å². The number of hydrogen-bond donors (Lipinski definition) is 0. The number of nitrogens with zero attached hydrogens (tertiary/aromatic N) is 2. The molecule has 0 spiro atoms. The zero-order valence-electron chi connectivity index (χ0n) is 14.6. The van der Waals surface area contributed by atoms with Gasteiger partial charge in [0, 0.05) is 24.3 Å². The van der Waals surface area contributed by atoms with Gasteiger partial charge in [-0.2, -0.15) is 0 Å². The van der Waals surface area contributed by atoms with Gasteiger partial charge in [0.1, 0.15) is 0 Å². The van der Waals surface area contributed by atoms with Crippen molar-refractivity contribution in [3.8, 4) is 0 Å². The molecule has 0 unspecified atom stereocenters. The molecule has 0 bridgehead atoms. The molecule has 1 heterocycles. The van der Waals surface area contributed by atoms with E-state index in [9.17, 15) is 0 Å². The first-order valence-corrected chi connectivity index (χ1v) is 8.82. The van der Waals surface area contributed by atoms with E-state index in [0.717, 1.165) is 0 Å². The summed E-state index contributed by atoms with van der Waals surface area (Å²) in [6, 6.07) is 17.8. The monoisotopic (exact) mass is 308 g/mol. The molecule has 0 fully saturated rings. The summed E-state index contributed by atoms with van der Waals surface area (Å²) < 4.78 is 0. The van der Waals surface area contributed by atoms with Crippen LogP contribution in [-0.4, -0.2) is 32.1 Å².